The highest BCUT2D eigenvalue weighted by molar-refractivity contribution is 7.89. The first-order valence-corrected chi connectivity index (χ1v) is 10.3. The number of hydrogen-bond donors (Lipinski definition) is 2. The lowest BCUT2D eigenvalue weighted by molar-refractivity contribution is 0.0998. The van der Waals surface area contributed by atoms with E-state index in [1.165, 1.54) is 18.4 Å². The van der Waals surface area contributed by atoms with Gasteiger partial charge in [0.2, 0.25) is 10.0 Å². The third-order valence-electron chi connectivity index (χ3n) is 4.47. The second-order valence-electron chi connectivity index (χ2n) is 6.44. The van der Waals surface area contributed by atoms with Crippen LogP contribution < -0.4 is 10.0 Å². The van der Waals surface area contributed by atoms with Gasteiger partial charge in [-0.3, -0.25) is 4.79 Å². The van der Waals surface area contributed by atoms with Crippen LogP contribution in [0.5, 0.6) is 0 Å². The van der Waals surface area contributed by atoms with Crippen molar-refractivity contribution >= 4 is 32.6 Å². The molecule has 8 heteroatoms. The molecule has 0 saturated heterocycles. The maximum Gasteiger partial charge on any atom is 0.291 e. The molecule has 2 aromatic carbocycles. The number of nitrogens with one attached hydrogen (secondary N) is 2. The number of hydrogen-bond acceptors (Lipinski definition) is 5. The first kappa shape index (κ1) is 19.0. The number of carbonyl (C=O) groups excluding carboxylic acids is 1. The summed E-state index contributed by atoms with van der Waals surface area (Å²) in [6.45, 7) is 1.84. The van der Waals surface area contributed by atoms with E-state index in [-0.39, 0.29) is 17.2 Å². The summed E-state index contributed by atoms with van der Waals surface area (Å²) in [7, 11) is -3.77. The molecule has 148 valence electrons. The lowest BCUT2D eigenvalue weighted by Crippen LogP contribution is -2.23. The Kier molecular flexibility index (Phi) is 4.96. The van der Waals surface area contributed by atoms with Crippen LogP contribution in [-0.4, -0.2) is 14.3 Å². The zero-order valence-corrected chi connectivity index (χ0v) is 16.3. The molecule has 0 atom stereocenters. The molecule has 0 fully saturated rings. The number of anilines is 1. The molecule has 0 saturated carbocycles. The van der Waals surface area contributed by atoms with Crippen molar-refractivity contribution in [3.05, 3.63) is 84.0 Å². The van der Waals surface area contributed by atoms with Crippen LogP contribution in [0.15, 0.2) is 80.7 Å². The Balaban J connectivity index is 1.53. The first-order chi connectivity index (χ1) is 13.9. The van der Waals surface area contributed by atoms with Crippen molar-refractivity contribution in [2.24, 2.45) is 0 Å². The van der Waals surface area contributed by atoms with Crippen molar-refractivity contribution in [3.63, 3.8) is 0 Å². The van der Waals surface area contributed by atoms with Crippen LogP contribution in [0.4, 0.5) is 5.69 Å². The van der Waals surface area contributed by atoms with Gasteiger partial charge in [-0.1, -0.05) is 24.3 Å². The van der Waals surface area contributed by atoms with Crippen LogP contribution >= 0.6 is 0 Å². The fraction of sp³-hybridized carbons (Fsp3) is 0.0952. The third kappa shape index (κ3) is 3.94. The fourth-order valence-electron chi connectivity index (χ4n) is 2.98. The molecular formula is C21H18N2O5S. The highest BCUT2D eigenvalue weighted by atomic mass is 32.2. The Morgan fingerprint density at radius 1 is 1.03 bits per heavy atom. The van der Waals surface area contributed by atoms with Gasteiger partial charge in [0.05, 0.1) is 17.7 Å². The molecule has 2 heterocycles. The molecule has 0 spiro atoms. The molecule has 0 unspecified atom stereocenters. The number of para-hydroxylation sites is 1. The van der Waals surface area contributed by atoms with Crippen LogP contribution in [0.2, 0.25) is 0 Å². The Morgan fingerprint density at radius 3 is 2.62 bits per heavy atom. The Morgan fingerprint density at radius 2 is 1.86 bits per heavy atom. The number of sulfonamides is 1. The van der Waals surface area contributed by atoms with Gasteiger partial charge >= 0.3 is 0 Å². The maximum atomic E-state index is 12.7. The van der Waals surface area contributed by atoms with Crippen molar-refractivity contribution in [1.29, 1.82) is 0 Å². The zero-order valence-electron chi connectivity index (χ0n) is 15.5. The molecular weight excluding hydrogens is 392 g/mol. The van der Waals surface area contributed by atoms with Crippen molar-refractivity contribution in [2.45, 2.75) is 18.4 Å². The highest BCUT2D eigenvalue weighted by Gasteiger charge is 2.19. The Hall–Kier alpha value is -3.36. The summed E-state index contributed by atoms with van der Waals surface area (Å²) in [4.78, 5) is 12.7. The average molecular weight is 410 g/mol. The van der Waals surface area contributed by atoms with E-state index in [0.717, 1.165) is 10.9 Å². The largest absolute Gasteiger partial charge is 0.468 e. The number of amides is 1. The molecule has 29 heavy (non-hydrogen) atoms. The van der Waals surface area contributed by atoms with E-state index in [0.29, 0.717) is 17.0 Å². The summed E-state index contributed by atoms with van der Waals surface area (Å²) in [5.74, 6) is 0.241. The second-order valence-corrected chi connectivity index (χ2v) is 8.21. The fourth-order valence-corrected chi connectivity index (χ4v) is 4.02. The molecule has 0 bridgehead atoms. The SMILES string of the molecule is Cc1c(C(=O)Nc2cccc(S(=O)(=O)NCc3ccco3)c2)oc2ccccc12. The number of aryl methyl sites for hydroxylation is 1. The summed E-state index contributed by atoms with van der Waals surface area (Å²) < 4.78 is 38.3. The first-order valence-electron chi connectivity index (χ1n) is 8.85. The molecule has 1 amide bonds. The summed E-state index contributed by atoms with van der Waals surface area (Å²) in [6.07, 6.45) is 1.47. The van der Waals surface area contributed by atoms with Gasteiger partial charge in [-0.05, 0) is 43.3 Å². The molecule has 0 aliphatic heterocycles. The van der Waals surface area contributed by atoms with Crippen LogP contribution in [0.1, 0.15) is 21.9 Å². The molecule has 4 aromatic rings. The number of benzene rings is 2. The van der Waals surface area contributed by atoms with E-state index in [9.17, 15) is 13.2 Å². The minimum absolute atomic E-state index is 0.0307. The minimum atomic E-state index is -3.77. The smallest absolute Gasteiger partial charge is 0.291 e. The third-order valence-corrected chi connectivity index (χ3v) is 5.87. The van der Waals surface area contributed by atoms with Crippen LogP contribution in [0, 0.1) is 6.92 Å². The number of furan rings is 2. The van der Waals surface area contributed by atoms with E-state index in [1.807, 2.05) is 18.2 Å². The number of fused-ring (bicyclic) bond motifs is 1. The topological polar surface area (TPSA) is 102 Å². The van der Waals surface area contributed by atoms with Crippen molar-refractivity contribution in [1.82, 2.24) is 4.72 Å². The molecule has 0 aliphatic carbocycles. The van der Waals surface area contributed by atoms with Gasteiger partial charge in [0.1, 0.15) is 11.3 Å². The van der Waals surface area contributed by atoms with Crippen LogP contribution in [0.3, 0.4) is 0 Å². The lowest BCUT2D eigenvalue weighted by atomic mass is 10.1. The van der Waals surface area contributed by atoms with Crippen LogP contribution in [0.25, 0.3) is 11.0 Å². The zero-order chi connectivity index (χ0) is 20.4. The van der Waals surface area contributed by atoms with Crippen molar-refractivity contribution in [2.75, 3.05) is 5.32 Å². The molecule has 0 aliphatic rings. The normalized spacial score (nSPS) is 11.6. The minimum Gasteiger partial charge on any atom is -0.468 e. The van der Waals surface area contributed by atoms with Crippen molar-refractivity contribution in [3.8, 4) is 0 Å². The van der Waals surface area contributed by atoms with E-state index in [1.54, 1.807) is 37.3 Å². The summed E-state index contributed by atoms with van der Waals surface area (Å²) >= 11 is 0. The predicted octanol–water partition coefficient (Wildman–Crippen LogP) is 4.07. The van der Waals surface area contributed by atoms with E-state index < -0.39 is 15.9 Å². The quantitative estimate of drug-likeness (QED) is 0.499. The van der Waals surface area contributed by atoms with E-state index >= 15 is 0 Å². The number of carbonyl (C=O) groups is 1. The predicted molar refractivity (Wildman–Crippen MR) is 108 cm³/mol. The van der Waals surface area contributed by atoms with Gasteiger partial charge in [0, 0.05) is 16.6 Å². The van der Waals surface area contributed by atoms with Gasteiger partial charge in [-0.15, -0.1) is 0 Å². The average Bonchev–Trinajstić information content (AvgIpc) is 3.35. The maximum absolute atomic E-state index is 12.7. The van der Waals surface area contributed by atoms with Gasteiger partial charge in [-0.25, -0.2) is 13.1 Å². The van der Waals surface area contributed by atoms with Gasteiger partial charge in [-0.2, -0.15) is 0 Å². The Labute approximate surface area is 167 Å². The second kappa shape index (κ2) is 7.57. The molecule has 7 nitrogen and oxygen atoms in total. The molecule has 2 aromatic heterocycles. The van der Waals surface area contributed by atoms with Gasteiger partial charge < -0.3 is 14.2 Å². The monoisotopic (exact) mass is 410 g/mol. The summed E-state index contributed by atoms with van der Waals surface area (Å²) in [5.41, 5.74) is 1.69. The molecule has 0 radical (unpaired) electrons. The van der Waals surface area contributed by atoms with Crippen molar-refractivity contribution < 1.29 is 22.0 Å². The molecule has 2 N–H and O–H groups in total. The highest BCUT2D eigenvalue weighted by Crippen LogP contribution is 2.26. The Bertz CT molecular complexity index is 1270. The lowest BCUT2D eigenvalue weighted by Gasteiger charge is -2.08. The van der Waals surface area contributed by atoms with E-state index in [4.69, 9.17) is 8.83 Å². The molecule has 4 rings (SSSR count). The standard InChI is InChI=1S/C21H18N2O5S/c1-14-18-9-2-3-10-19(18)28-20(14)21(24)23-15-6-4-8-17(12-15)29(25,26)22-13-16-7-5-11-27-16/h2-12,22H,13H2,1H3,(H,23,24). The van der Waals surface area contributed by atoms with Gasteiger partial charge in [0.25, 0.3) is 5.91 Å². The number of rotatable bonds is 6. The summed E-state index contributed by atoms with van der Waals surface area (Å²) in [5, 5.41) is 3.56. The van der Waals surface area contributed by atoms with Gasteiger partial charge in [0.15, 0.2) is 5.76 Å². The van der Waals surface area contributed by atoms with Crippen LogP contribution in [-0.2, 0) is 16.6 Å². The van der Waals surface area contributed by atoms with E-state index in [2.05, 4.69) is 10.0 Å². The summed E-state index contributed by atoms with van der Waals surface area (Å²) in [6, 6.07) is 16.7.